The van der Waals surface area contributed by atoms with Crippen molar-refractivity contribution in [3.05, 3.63) is 57.6 Å². The van der Waals surface area contributed by atoms with Crippen LogP contribution in [0.5, 0.6) is 5.88 Å². The molecular formula is C16H19N3O4. The number of carbonyl (C=O) groups is 1. The van der Waals surface area contributed by atoms with Crippen LogP contribution in [0.3, 0.4) is 0 Å². The minimum Gasteiger partial charge on any atom is -0.481 e. The average Bonchev–Trinajstić information content (AvgIpc) is 2.57. The van der Waals surface area contributed by atoms with Crippen molar-refractivity contribution in [1.82, 2.24) is 9.66 Å². The molecule has 2 aromatic rings. The van der Waals surface area contributed by atoms with E-state index in [1.807, 2.05) is 6.07 Å². The van der Waals surface area contributed by atoms with Crippen molar-refractivity contribution >= 4 is 5.97 Å². The third kappa shape index (κ3) is 3.88. The van der Waals surface area contributed by atoms with Crippen LogP contribution in [-0.2, 0) is 22.5 Å². The fourth-order valence-corrected chi connectivity index (χ4v) is 2.14. The highest BCUT2D eigenvalue weighted by molar-refractivity contribution is 5.72. The van der Waals surface area contributed by atoms with E-state index < -0.39 is 5.97 Å². The molecule has 0 aliphatic carbocycles. The molecule has 0 spiro atoms. The van der Waals surface area contributed by atoms with Crippen molar-refractivity contribution < 1.29 is 14.3 Å². The van der Waals surface area contributed by atoms with Crippen molar-refractivity contribution in [1.29, 1.82) is 0 Å². The minimum absolute atomic E-state index is 0.0557. The Morgan fingerprint density at radius 2 is 2.13 bits per heavy atom. The lowest BCUT2D eigenvalue weighted by Gasteiger charge is -2.13. The summed E-state index contributed by atoms with van der Waals surface area (Å²) in [6.45, 7) is 2.14. The number of methoxy groups -OCH3 is 2. The second kappa shape index (κ2) is 7.44. The second-order valence-electron chi connectivity index (χ2n) is 4.91. The third-order valence-electron chi connectivity index (χ3n) is 3.46. The van der Waals surface area contributed by atoms with Gasteiger partial charge in [-0.3, -0.25) is 9.59 Å². The first-order chi connectivity index (χ1) is 11.1. The molecule has 0 radical (unpaired) electrons. The number of nitrogens with zero attached hydrogens (tertiary/aromatic N) is 2. The molecule has 0 aliphatic rings. The molecule has 0 atom stereocenters. The van der Waals surface area contributed by atoms with Gasteiger partial charge in [-0.1, -0.05) is 6.07 Å². The Bertz CT molecular complexity index is 755. The van der Waals surface area contributed by atoms with E-state index in [1.165, 1.54) is 11.8 Å². The molecule has 0 amide bonds. The highest BCUT2D eigenvalue weighted by atomic mass is 16.5. The molecule has 0 bridgehead atoms. The molecule has 7 heteroatoms. The van der Waals surface area contributed by atoms with Crippen LogP contribution in [0.4, 0.5) is 0 Å². The second-order valence-corrected chi connectivity index (χ2v) is 4.91. The van der Waals surface area contributed by atoms with Gasteiger partial charge in [-0.15, -0.1) is 0 Å². The van der Waals surface area contributed by atoms with E-state index in [2.05, 4.69) is 15.1 Å². The number of hydrogen-bond donors (Lipinski definition) is 1. The summed E-state index contributed by atoms with van der Waals surface area (Å²) >= 11 is 0. The number of rotatable bonds is 6. The molecule has 122 valence electrons. The van der Waals surface area contributed by atoms with Crippen LogP contribution in [0.2, 0.25) is 0 Å². The zero-order chi connectivity index (χ0) is 16.8. The van der Waals surface area contributed by atoms with E-state index in [0.717, 1.165) is 11.1 Å². The third-order valence-corrected chi connectivity index (χ3v) is 3.46. The van der Waals surface area contributed by atoms with E-state index in [-0.39, 0.29) is 12.0 Å². The maximum atomic E-state index is 12.5. The fourth-order valence-electron chi connectivity index (χ4n) is 2.14. The van der Waals surface area contributed by atoms with Crippen molar-refractivity contribution in [2.45, 2.75) is 19.9 Å². The normalized spacial score (nSPS) is 10.2. The molecule has 23 heavy (non-hydrogen) atoms. The van der Waals surface area contributed by atoms with Crippen molar-refractivity contribution in [3.8, 4) is 5.88 Å². The standard InChI is InChI=1S/C16H19N3O4/c1-11-6-8-19(16(21)13(11)9-14(20)22-2)18-10-12-5-4-7-17-15(12)23-3/h4-8,18H,9-10H2,1-3H3. The Morgan fingerprint density at radius 3 is 2.83 bits per heavy atom. The van der Waals surface area contributed by atoms with Crippen LogP contribution in [-0.4, -0.2) is 29.8 Å². The topological polar surface area (TPSA) is 82.4 Å². The maximum Gasteiger partial charge on any atom is 0.310 e. The summed E-state index contributed by atoms with van der Waals surface area (Å²) < 4.78 is 11.2. The van der Waals surface area contributed by atoms with Crippen molar-refractivity contribution in [3.63, 3.8) is 0 Å². The number of aromatic nitrogens is 2. The van der Waals surface area contributed by atoms with Gasteiger partial charge in [0.05, 0.1) is 27.2 Å². The van der Waals surface area contributed by atoms with Crippen LogP contribution in [0.15, 0.2) is 35.4 Å². The Labute approximate surface area is 133 Å². The van der Waals surface area contributed by atoms with E-state index >= 15 is 0 Å². The van der Waals surface area contributed by atoms with Crippen LogP contribution in [0.1, 0.15) is 16.7 Å². The molecule has 7 nitrogen and oxygen atoms in total. The van der Waals surface area contributed by atoms with Gasteiger partial charge in [0.1, 0.15) is 0 Å². The molecule has 1 N–H and O–H groups in total. The van der Waals surface area contributed by atoms with Crippen LogP contribution in [0.25, 0.3) is 0 Å². The van der Waals surface area contributed by atoms with Gasteiger partial charge >= 0.3 is 5.97 Å². The highest BCUT2D eigenvalue weighted by Gasteiger charge is 2.12. The predicted molar refractivity (Wildman–Crippen MR) is 85.0 cm³/mol. The highest BCUT2D eigenvalue weighted by Crippen LogP contribution is 2.13. The summed E-state index contributed by atoms with van der Waals surface area (Å²) in [6.07, 6.45) is 3.20. The average molecular weight is 317 g/mol. The summed E-state index contributed by atoms with van der Waals surface area (Å²) in [5, 5.41) is 0. The zero-order valence-electron chi connectivity index (χ0n) is 13.3. The van der Waals surface area contributed by atoms with Gasteiger partial charge in [0.25, 0.3) is 5.56 Å². The van der Waals surface area contributed by atoms with Gasteiger partial charge in [0.15, 0.2) is 0 Å². The minimum atomic E-state index is -0.447. The monoisotopic (exact) mass is 317 g/mol. The quantitative estimate of drug-likeness (QED) is 0.801. The van der Waals surface area contributed by atoms with Gasteiger partial charge in [0.2, 0.25) is 5.88 Å². The van der Waals surface area contributed by atoms with E-state index in [1.54, 1.807) is 38.6 Å². The van der Waals surface area contributed by atoms with Gasteiger partial charge in [0, 0.05) is 23.5 Å². The van der Waals surface area contributed by atoms with Crippen LogP contribution < -0.4 is 15.7 Å². The molecule has 0 unspecified atom stereocenters. The maximum absolute atomic E-state index is 12.5. The number of esters is 1. The first-order valence-corrected chi connectivity index (χ1v) is 7.06. The Hall–Kier alpha value is -2.83. The van der Waals surface area contributed by atoms with E-state index in [0.29, 0.717) is 18.0 Å². The van der Waals surface area contributed by atoms with Gasteiger partial charge in [-0.2, -0.15) is 0 Å². The van der Waals surface area contributed by atoms with Crippen molar-refractivity contribution in [2.24, 2.45) is 0 Å². The van der Waals surface area contributed by atoms with Gasteiger partial charge in [-0.25, -0.2) is 9.66 Å². The summed E-state index contributed by atoms with van der Waals surface area (Å²) in [4.78, 5) is 28.0. The SMILES string of the molecule is COC(=O)Cc1c(C)ccn(NCc2cccnc2OC)c1=O. The summed E-state index contributed by atoms with van der Waals surface area (Å²) in [6, 6.07) is 5.42. The molecule has 0 saturated heterocycles. The molecular weight excluding hydrogens is 298 g/mol. The number of ether oxygens (including phenoxy) is 2. The van der Waals surface area contributed by atoms with Crippen molar-refractivity contribution in [2.75, 3.05) is 19.6 Å². The number of aryl methyl sites for hydroxylation is 1. The van der Waals surface area contributed by atoms with Crippen LogP contribution in [0, 0.1) is 6.92 Å². The molecule has 0 aliphatic heterocycles. The molecule has 0 aromatic carbocycles. The largest absolute Gasteiger partial charge is 0.481 e. The number of pyridine rings is 2. The summed E-state index contributed by atoms with van der Waals surface area (Å²) in [7, 11) is 2.84. The van der Waals surface area contributed by atoms with Crippen LogP contribution >= 0.6 is 0 Å². The fraction of sp³-hybridized carbons (Fsp3) is 0.312. The number of carbonyl (C=O) groups excluding carboxylic acids is 1. The predicted octanol–water partition coefficient (Wildman–Crippen LogP) is 1.02. The number of hydrogen-bond acceptors (Lipinski definition) is 6. The molecule has 0 saturated carbocycles. The first-order valence-electron chi connectivity index (χ1n) is 7.06. The summed E-state index contributed by atoms with van der Waals surface area (Å²) in [5.74, 6) is 0.0480. The molecule has 2 heterocycles. The molecule has 2 rings (SSSR count). The number of nitrogens with one attached hydrogen (secondary N) is 1. The Kier molecular flexibility index (Phi) is 5.35. The lowest BCUT2D eigenvalue weighted by atomic mass is 10.1. The lowest BCUT2D eigenvalue weighted by molar-refractivity contribution is -0.139. The smallest absolute Gasteiger partial charge is 0.310 e. The van der Waals surface area contributed by atoms with E-state index in [4.69, 9.17) is 4.74 Å². The summed E-state index contributed by atoms with van der Waals surface area (Å²) in [5.41, 5.74) is 4.69. The Morgan fingerprint density at radius 1 is 1.35 bits per heavy atom. The molecule has 0 fully saturated rings. The lowest BCUT2D eigenvalue weighted by Crippen LogP contribution is -2.32. The van der Waals surface area contributed by atoms with Gasteiger partial charge in [-0.05, 0) is 24.6 Å². The first kappa shape index (κ1) is 16.5. The molecule has 2 aromatic heterocycles. The Balaban J connectivity index is 2.22. The van der Waals surface area contributed by atoms with E-state index in [9.17, 15) is 9.59 Å². The van der Waals surface area contributed by atoms with Gasteiger partial charge < -0.3 is 14.9 Å². The zero-order valence-corrected chi connectivity index (χ0v) is 13.3.